The summed E-state index contributed by atoms with van der Waals surface area (Å²) in [4.78, 5) is 6.90. The maximum absolute atomic E-state index is 9.21. The van der Waals surface area contributed by atoms with E-state index in [1.165, 1.54) is 12.8 Å². The van der Waals surface area contributed by atoms with E-state index in [1.807, 2.05) is 30.3 Å². The van der Waals surface area contributed by atoms with Crippen molar-refractivity contribution in [2.24, 2.45) is 0 Å². The van der Waals surface area contributed by atoms with E-state index in [9.17, 15) is 5.26 Å². The van der Waals surface area contributed by atoms with Crippen LogP contribution in [0.15, 0.2) is 30.3 Å². The van der Waals surface area contributed by atoms with Crippen LogP contribution in [-0.4, -0.2) is 18.1 Å². The van der Waals surface area contributed by atoms with E-state index in [-0.39, 0.29) is 0 Å². The predicted octanol–water partition coefficient (Wildman–Crippen LogP) is 2.71. The molecule has 0 atom stereocenters. The summed E-state index contributed by atoms with van der Waals surface area (Å²) < 4.78 is 0. The van der Waals surface area contributed by atoms with Crippen LogP contribution < -0.4 is 4.90 Å². The predicted molar refractivity (Wildman–Crippen MR) is 67.9 cm³/mol. The molecule has 1 aliphatic rings. The van der Waals surface area contributed by atoms with Crippen molar-refractivity contribution < 1.29 is 0 Å². The second kappa shape index (κ2) is 4.06. The van der Waals surface area contributed by atoms with Gasteiger partial charge in [-0.3, -0.25) is 0 Å². The van der Waals surface area contributed by atoms with Crippen LogP contribution in [0.2, 0.25) is 0 Å². The van der Waals surface area contributed by atoms with Crippen LogP contribution in [0.5, 0.6) is 0 Å². The molecule has 1 saturated heterocycles. The van der Waals surface area contributed by atoms with Crippen molar-refractivity contribution in [1.29, 1.82) is 5.26 Å². The lowest BCUT2D eigenvalue weighted by molar-refractivity contribution is 0.943. The fraction of sp³-hybridized carbons (Fsp3) is 0.286. The molecule has 3 heteroatoms. The van der Waals surface area contributed by atoms with E-state index in [2.05, 4.69) is 16.0 Å². The fourth-order valence-electron chi connectivity index (χ4n) is 2.36. The number of pyridine rings is 1. The topological polar surface area (TPSA) is 39.9 Å². The van der Waals surface area contributed by atoms with Crippen molar-refractivity contribution in [3.05, 3.63) is 35.9 Å². The number of hydrogen-bond donors (Lipinski definition) is 0. The second-order valence-electron chi connectivity index (χ2n) is 4.35. The first-order chi connectivity index (χ1) is 8.38. The number of nitriles is 1. The minimum absolute atomic E-state index is 0.720. The van der Waals surface area contributed by atoms with Crippen molar-refractivity contribution >= 4 is 16.7 Å². The maximum Gasteiger partial charge on any atom is 0.130 e. The van der Waals surface area contributed by atoms with Crippen LogP contribution in [0.4, 0.5) is 5.82 Å². The van der Waals surface area contributed by atoms with E-state index in [0.29, 0.717) is 0 Å². The highest BCUT2D eigenvalue weighted by Crippen LogP contribution is 2.24. The smallest absolute Gasteiger partial charge is 0.130 e. The van der Waals surface area contributed by atoms with Gasteiger partial charge in [0.15, 0.2) is 0 Å². The number of fused-ring (bicyclic) bond motifs is 1. The zero-order chi connectivity index (χ0) is 11.7. The molecule has 84 valence electrons. The van der Waals surface area contributed by atoms with E-state index < -0.39 is 0 Å². The molecular formula is C14H13N3. The zero-order valence-electron chi connectivity index (χ0n) is 9.56. The summed E-state index contributed by atoms with van der Waals surface area (Å²) in [5, 5.41) is 10.1. The highest BCUT2D eigenvalue weighted by atomic mass is 15.2. The first-order valence-corrected chi connectivity index (χ1v) is 5.93. The number of nitrogens with zero attached hydrogens (tertiary/aromatic N) is 3. The Hall–Kier alpha value is -2.08. The van der Waals surface area contributed by atoms with Crippen LogP contribution in [0.25, 0.3) is 10.9 Å². The largest absolute Gasteiger partial charge is 0.357 e. The van der Waals surface area contributed by atoms with Gasteiger partial charge in [0.05, 0.1) is 17.1 Å². The normalized spacial score (nSPS) is 15.1. The average molecular weight is 223 g/mol. The standard InChI is InChI=1S/C14H13N3/c15-10-11-9-14(17-7-3-4-8-17)16-13-6-2-1-5-12(11)13/h1-2,5-6,9H,3-4,7-8H2. The van der Waals surface area contributed by atoms with Gasteiger partial charge in [-0.15, -0.1) is 0 Å². The first-order valence-electron chi connectivity index (χ1n) is 5.93. The summed E-state index contributed by atoms with van der Waals surface area (Å²) in [6, 6.07) is 12.0. The highest BCUT2D eigenvalue weighted by molar-refractivity contribution is 5.86. The molecule has 0 bridgehead atoms. The third kappa shape index (κ3) is 1.72. The van der Waals surface area contributed by atoms with Gasteiger partial charge in [-0.1, -0.05) is 18.2 Å². The molecule has 0 spiro atoms. The van der Waals surface area contributed by atoms with Gasteiger partial charge in [-0.2, -0.15) is 5.26 Å². The van der Waals surface area contributed by atoms with E-state index in [1.54, 1.807) is 0 Å². The molecule has 2 aromatic rings. The Morgan fingerprint density at radius 1 is 1.18 bits per heavy atom. The number of para-hydroxylation sites is 1. The quantitative estimate of drug-likeness (QED) is 0.746. The van der Waals surface area contributed by atoms with Gasteiger partial charge in [0.25, 0.3) is 0 Å². The second-order valence-corrected chi connectivity index (χ2v) is 4.35. The highest BCUT2D eigenvalue weighted by Gasteiger charge is 2.15. The average Bonchev–Trinajstić information content (AvgIpc) is 2.91. The zero-order valence-corrected chi connectivity index (χ0v) is 9.56. The van der Waals surface area contributed by atoms with Gasteiger partial charge in [0, 0.05) is 18.5 Å². The number of anilines is 1. The van der Waals surface area contributed by atoms with Crippen LogP contribution in [0.3, 0.4) is 0 Å². The van der Waals surface area contributed by atoms with Crippen LogP contribution >= 0.6 is 0 Å². The van der Waals surface area contributed by atoms with Gasteiger partial charge in [0.2, 0.25) is 0 Å². The van der Waals surface area contributed by atoms with Gasteiger partial charge in [0.1, 0.15) is 5.82 Å². The van der Waals surface area contributed by atoms with Crippen molar-refractivity contribution in [1.82, 2.24) is 4.98 Å². The molecule has 2 heterocycles. The minimum Gasteiger partial charge on any atom is -0.357 e. The van der Waals surface area contributed by atoms with Crippen molar-refractivity contribution in [2.45, 2.75) is 12.8 Å². The Balaban J connectivity index is 2.18. The molecule has 0 aliphatic carbocycles. The molecule has 3 rings (SSSR count). The van der Waals surface area contributed by atoms with Crippen molar-refractivity contribution in [3.8, 4) is 6.07 Å². The van der Waals surface area contributed by atoms with Crippen LogP contribution in [0.1, 0.15) is 18.4 Å². The lowest BCUT2D eigenvalue weighted by Crippen LogP contribution is -2.19. The van der Waals surface area contributed by atoms with Gasteiger partial charge < -0.3 is 4.90 Å². The van der Waals surface area contributed by atoms with Gasteiger partial charge >= 0.3 is 0 Å². The van der Waals surface area contributed by atoms with E-state index in [4.69, 9.17) is 0 Å². The third-order valence-corrected chi connectivity index (χ3v) is 3.25. The monoisotopic (exact) mass is 223 g/mol. The molecule has 0 N–H and O–H groups in total. The third-order valence-electron chi connectivity index (χ3n) is 3.25. The Morgan fingerprint density at radius 2 is 1.94 bits per heavy atom. The number of aromatic nitrogens is 1. The summed E-state index contributed by atoms with van der Waals surface area (Å²) in [7, 11) is 0. The fourth-order valence-corrected chi connectivity index (χ4v) is 2.36. The van der Waals surface area contributed by atoms with E-state index >= 15 is 0 Å². The molecule has 3 nitrogen and oxygen atoms in total. The number of rotatable bonds is 1. The summed E-state index contributed by atoms with van der Waals surface area (Å²) in [5.74, 6) is 0.942. The molecular weight excluding hydrogens is 210 g/mol. The molecule has 0 amide bonds. The lowest BCUT2D eigenvalue weighted by atomic mass is 10.1. The van der Waals surface area contributed by atoms with Gasteiger partial charge in [-0.25, -0.2) is 4.98 Å². The SMILES string of the molecule is N#Cc1cc(N2CCCC2)nc2ccccc12. The summed E-state index contributed by atoms with van der Waals surface area (Å²) in [5.41, 5.74) is 1.63. The Bertz CT molecular complexity index is 592. The Labute approximate surface area is 100 Å². The van der Waals surface area contributed by atoms with Crippen LogP contribution in [0, 0.1) is 11.3 Å². The summed E-state index contributed by atoms with van der Waals surface area (Å²) in [6.07, 6.45) is 2.44. The summed E-state index contributed by atoms with van der Waals surface area (Å²) >= 11 is 0. The molecule has 1 aliphatic heterocycles. The molecule has 0 radical (unpaired) electrons. The Kier molecular flexibility index (Phi) is 2.41. The first kappa shape index (κ1) is 10.1. The number of hydrogen-bond acceptors (Lipinski definition) is 3. The Morgan fingerprint density at radius 3 is 2.71 bits per heavy atom. The maximum atomic E-state index is 9.21. The molecule has 1 fully saturated rings. The molecule has 1 aromatic carbocycles. The van der Waals surface area contributed by atoms with Crippen molar-refractivity contribution in [2.75, 3.05) is 18.0 Å². The van der Waals surface area contributed by atoms with Crippen molar-refractivity contribution in [3.63, 3.8) is 0 Å². The molecule has 1 aromatic heterocycles. The molecule has 0 saturated carbocycles. The van der Waals surface area contributed by atoms with Crippen LogP contribution in [-0.2, 0) is 0 Å². The molecule has 17 heavy (non-hydrogen) atoms. The minimum atomic E-state index is 0.720. The molecule has 0 unspecified atom stereocenters. The van der Waals surface area contributed by atoms with E-state index in [0.717, 1.165) is 35.4 Å². The van der Waals surface area contributed by atoms with Gasteiger partial charge in [-0.05, 0) is 25.0 Å². The number of benzene rings is 1. The summed E-state index contributed by atoms with van der Waals surface area (Å²) in [6.45, 7) is 2.10. The lowest BCUT2D eigenvalue weighted by Gasteiger charge is -2.17.